The fraction of sp³-hybridized carbons (Fsp3) is 0.462. The number of Topliss-reactive ketones (excluding diaryl/α,β-unsaturated/α-hetero) is 1. The van der Waals surface area contributed by atoms with Gasteiger partial charge in [0.05, 0.1) is 0 Å². The van der Waals surface area contributed by atoms with Crippen molar-refractivity contribution in [3.8, 4) is 0 Å². The average Bonchev–Trinajstić information content (AvgIpc) is 2.75. The topological polar surface area (TPSA) is 43.4 Å². The highest BCUT2D eigenvalue weighted by molar-refractivity contribution is 5.97. The van der Waals surface area contributed by atoms with Crippen LogP contribution in [-0.4, -0.2) is 18.4 Å². The maximum atomic E-state index is 11.9. The van der Waals surface area contributed by atoms with Gasteiger partial charge >= 0.3 is 5.97 Å². The minimum absolute atomic E-state index is 0.157. The normalized spacial score (nSPS) is 11.6. The van der Waals surface area contributed by atoms with Crippen LogP contribution >= 0.6 is 0 Å². The monoisotopic (exact) mass is 396 g/mol. The van der Waals surface area contributed by atoms with Gasteiger partial charge < -0.3 is 4.74 Å². The quantitative estimate of drug-likeness (QED) is 0.131. The summed E-state index contributed by atoms with van der Waals surface area (Å²) in [6.45, 7) is 1.98. The zero-order chi connectivity index (χ0) is 21.0. The van der Waals surface area contributed by atoms with E-state index < -0.39 is 0 Å². The molecule has 0 aliphatic carbocycles. The molecule has 158 valence electrons. The zero-order valence-corrected chi connectivity index (χ0v) is 17.9. The van der Waals surface area contributed by atoms with Crippen LogP contribution in [0.3, 0.4) is 0 Å². The SMILES string of the molecule is CCC=CCC=CCC=CCCCCCCCC(=O)OCC(=O)c1ccccc1. The first-order valence-corrected chi connectivity index (χ1v) is 10.9. The molecule has 1 aromatic carbocycles. The Hall–Kier alpha value is -2.42. The van der Waals surface area contributed by atoms with Gasteiger partial charge in [-0.15, -0.1) is 0 Å². The molecule has 29 heavy (non-hydrogen) atoms. The molecule has 0 atom stereocenters. The third-order valence-electron chi connectivity index (χ3n) is 4.49. The minimum Gasteiger partial charge on any atom is -0.457 e. The molecule has 0 unspecified atom stereocenters. The van der Waals surface area contributed by atoms with Crippen molar-refractivity contribution in [1.29, 1.82) is 0 Å². The molecule has 0 aliphatic heterocycles. The number of hydrogen-bond donors (Lipinski definition) is 0. The Labute approximate surface area is 176 Å². The molecule has 0 saturated carbocycles. The number of ether oxygens (including phenoxy) is 1. The van der Waals surface area contributed by atoms with Gasteiger partial charge in [-0.1, -0.05) is 93.0 Å². The van der Waals surface area contributed by atoms with Crippen LogP contribution in [0.4, 0.5) is 0 Å². The second-order valence-electron chi connectivity index (χ2n) is 7.05. The predicted molar refractivity (Wildman–Crippen MR) is 121 cm³/mol. The van der Waals surface area contributed by atoms with E-state index in [9.17, 15) is 9.59 Å². The number of carbonyl (C=O) groups is 2. The maximum Gasteiger partial charge on any atom is 0.306 e. The lowest BCUT2D eigenvalue weighted by molar-refractivity contribution is -0.142. The lowest BCUT2D eigenvalue weighted by Crippen LogP contribution is -2.13. The van der Waals surface area contributed by atoms with E-state index in [1.807, 2.05) is 6.07 Å². The van der Waals surface area contributed by atoms with Gasteiger partial charge in [-0.3, -0.25) is 9.59 Å². The second kappa shape index (κ2) is 17.7. The third-order valence-corrected chi connectivity index (χ3v) is 4.49. The summed E-state index contributed by atoms with van der Waals surface area (Å²) in [5.74, 6) is -0.439. The van der Waals surface area contributed by atoms with Crippen LogP contribution in [0.5, 0.6) is 0 Å². The van der Waals surface area contributed by atoms with Crippen LogP contribution in [-0.2, 0) is 9.53 Å². The fourth-order valence-electron chi connectivity index (χ4n) is 2.81. The summed E-state index contributed by atoms with van der Waals surface area (Å²) in [4.78, 5) is 23.6. The number of ketones is 1. The van der Waals surface area contributed by atoms with E-state index in [1.54, 1.807) is 24.3 Å². The standard InChI is InChI=1S/C26H36O3/c1-2-3-4-5-6-7-8-9-10-11-12-13-14-15-19-22-26(28)29-23-25(27)24-20-17-16-18-21-24/h3-4,6-7,9-10,16-18,20-21H,2,5,8,11-15,19,22-23H2,1H3. The Kier molecular flexibility index (Phi) is 15.0. The van der Waals surface area contributed by atoms with Crippen molar-refractivity contribution in [2.45, 2.75) is 71.1 Å². The predicted octanol–water partition coefficient (Wildman–Crippen LogP) is 7.00. The Morgan fingerprint density at radius 2 is 1.41 bits per heavy atom. The molecular weight excluding hydrogens is 360 g/mol. The van der Waals surface area contributed by atoms with Gasteiger partial charge in [-0.2, -0.15) is 0 Å². The maximum absolute atomic E-state index is 11.9. The van der Waals surface area contributed by atoms with Crippen LogP contribution in [0, 0.1) is 0 Å². The summed E-state index contributed by atoms with van der Waals surface area (Å²) in [6, 6.07) is 8.91. The van der Waals surface area contributed by atoms with Crippen molar-refractivity contribution in [3.63, 3.8) is 0 Å². The fourth-order valence-corrected chi connectivity index (χ4v) is 2.81. The summed E-state index contributed by atoms with van der Waals surface area (Å²) >= 11 is 0. The van der Waals surface area contributed by atoms with Gasteiger partial charge in [0, 0.05) is 12.0 Å². The van der Waals surface area contributed by atoms with Crippen LogP contribution in [0.15, 0.2) is 66.8 Å². The molecule has 0 radical (unpaired) electrons. The third kappa shape index (κ3) is 14.3. The number of rotatable bonds is 16. The highest BCUT2D eigenvalue weighted by atomic mass is 16.5. The van der Waals surface area contributed by atoms with Crippen molar-refractivity contribution >= 4 is 11.8 Å². The molecule has 0 N–H and O–H groups in total. The molecule has 1 rings (SSSR count). The lowest BCUT2D eigenvalue weighted by atomic mass is 10.1. The van der Waals surface area contributed by atoms with E-state index in [1.165, 1.54) is 12.8 Å². The molecule has 3 nitrogen and oxygen atoms in total. The van der Waals surface area contributed by atoms with E-state index in [0.29, 0.717) is 12.0 Å². The Morgan fingerprint density at radius 1 is 0.793 bits per heavy atom. The smallest absolute Gasteiger partial charge is 0.306 e. The Bertz CT molecular complexity index is 641. The van der Waals surface area contributed by atoms with E-state index >= 15 is 0 Å². The summed E-state index contributed by atoms with van der Waals surface area (Å²) < 4.78 is 5.07. The van der Waals surface area contributed by atoms with Crippen molar-refractivity contribution < 1.29 is 14.3 Å². The zero-order valence-electron chi connectivity index (χ0n) is 17.9. The average molecular weight is 397 g/mol. The molecule has 0 saturated heterocycles. The summed E-state index contributed by atoms with van der Waals surface area (Å²) in [7, 11) is 0. The van der Waals surface area contributed by atoms with Gasteiger partial charge in [-0.05, 0) is 38.5 Å². The largest absolute Gasteiger partial charge is 0.457 e. The molecule has 0 amide bonds. The number of allylic oxidation sites excluding steroid dienone is 6. The molecule has 1 aromatic rings. The van der Waals surface area contributed by atoms with Crippen molar-refractivity contribution in [1.82, 2.24) is 0 Å². The van der Waals surface area contributed by atoms with Crippen LogP contribution in [0.2, 0.25) is 0 Å². The van der Waals surface area contributed by atoms with E-state index in [-0.39, 0.29) is 18.4 Å². The molecule has 0 heterocycles. The van der Waals surface area contributed by atoms with Gasteiger partial charge in [0.2, 0.25) is 0 Å². The molecular formula is C26H36O3. The van der Waals surface area contributed by atoms with E-state index in [2.05, 4.69) is 43.4 Å². The Balaban J connectivity index is 1.92. The Morgan fingerprint density at radius 3 is 2.14 bits per heavy atom. The summed E-state index contributed by atoms with van der Waals surface area (Å²) in [6.07, 6.45) is 23.3. The lowest BCUT2D eigenvalue weighted by Gasteiger charge is -2.04. The van der Waals surface area contributed by atoms with Crippen molar-refractivity contribution in [2.75, 3.05) is 6.61 Å². The first-order chi connectivity index (χ1) is 14.2. The number of hydrogen-bond acceptors (Lipinski definition) is 3. The highest BCUT2D eigenvalue weighted by Crippen LogP contribution is 2.09. The van der Waals surface area contributed by atoms with Gasteiger partial charge in [0.15, 0.2) is 12.4 Å². The number of unbranched alkanes of at least 4 members (excludes halogenated alkanes) is 5. The van der Waals surface area contributed by atoms with Gasteiger partial charge in [0.25, 0.3) is 0 Å². The van der Waals surface area contributed by atoms with E-state index in [0.717, 1.165) is 44.9 Å². The van der Waals surface area contributed by atoms with Crippen molar-refractivity contribution in [3.05, 3.63) is 72.4 Å². The molecule has 0 spiro atoms. The van der Waals surface area contributed by atoms with Gasteiger partial charge in [-0.25, -0.2) is 0 Å². The number of esters is 1. The second-order valence-corrected chi connectivity index (χ2v) is 7.05. The first kappa shape index (κ1) is 24.6. The minimum atomic E-state index is -0.282. The van der Waals surface area contributed by atoms with Gasteiger partial charge in [0.1, 0.15) is 0 Å². The molecule has 0 aliphatic rings. The first-order valence-electron chi connectivity index (χ1n) is 10.9. The van der Waals surface area contributed by atoms with E-state index in [4.69, 9.17) is 4.74 Å². The van der Waals surface area contributed by atoms with Crippen LogP contribution < -0.4 is 0 Å². The molecule has 3 heteroatoms. The summed E-state index contributed by atoms with van der Waals surface area (Å²) in [5, 5.41) is 0. The molecule has 0 fully saturated rings. The highest BCUT2D eigenvalue weighted by Gasteiger charge is 2.09. The summed E-state index contributed by atoms with van der Waals surface area (Å²) in [5.41, 5.74) is 0.578. The molecule has 0 aromatic heterocycles. The van der Waals surface area contributed by atoms with Crippen LogP contribution in [0.25, 0.3) is 0 Å². The number of carbonyl (C=O) groups excluding carboxylic acids is 2. The number of benzene rings is 1. The molecule has 0 bridgehead atoms. The van der Waals surface area contributed by atoms with Crippen LogP contribution in [0.1, 0.15) is 81.5 Å². The van der Waals surface area contributed by atoms with Crippen molar-refractivity contribution in [2.24, 2.45) is 0 Å².